The van der Waals surface area contributed by atoms with E-state index in [1.807, 2.05) is 24.3 Å². The molecule has 0 bridgehead atoms. The summed E-state index contributed by atoms with van der Waals surface area (Å²) in [5.74, 6) is -0.179. The van der Waals surface area contributed by atoms with Crippen molar-refractivity contribution >= 4 is 10.2 Å². The largest absolute Gasteiger partial charge is 0.281 e. The van der Waals surface area contributed by atoms with Gasteiger partial charge < -0.3 is 0 Å². The topological polar surface area (TPSA) is 53.5 Å². The molecule has 0 spiro atoms. The van der Waals surface area contributed by atoms with Gasteiger partial charge in [-0.2, -0.15) is 17.0 Å². The van der Waals surface area contributed by atoms with Crippen molar-refractivity contribution in [2.24, 2.45) is 0 Å². The summed E-state index contributed by atoms with van der Waals surface area (Å²) in [6.45, 7) is 0.983. The standard InChI is InChI=1S/C19H24FN3O2S/c1-22(2)26(24,25)23-11-5-7-16(14-23)19-10-4-9-18(21-19)13-15-6-3-8-17(20)12-15/h3-4,6,8-10,12,16H,5,7,11,13-14H2,1-2H3. The van der Waals surface area contributed by atoms with E-state index >= 15 is 0 Å². The molecule has 1 aliphatic rings. The number of piperidine rings is 1. The van der Waals surface area contributed by atoms with Gasteiger partial charge in [0.15, 0.2) is 0 Å². The molecule has 5 nitrogen and oxygen atoms in total. The average molecular weight is 377 g/mol. The molecule has 1 saturated heterocycles. The Hall–Kier alpha value is -1.83. The molecule has 1 unspecified atom stereocenters. The van der Waals surface area contributed by atoms with Crippen molar-refractivity contribution in [2.45, 2.75) is 25.2 Å². The molecule has 1 atom stereocenters. The lowest BCUT2D eigenvalue weighted by atomic mass is 9.95. The third-order valence-electron chi connectivity index (χ3n) is 4.69. The fourth-order valence-corrected chi connectivity index (χ4v) is 4.49. The molecular formula is C19H24FN3O2S. The second-order valence-corrected chi connectivity index (χ2v) is 8.99. The maximum atomic E-state index is 13.4. The highest BCUT2D eigenvalue weighted by atomic mass is 32.2. The van der Waals surface area contributed by atoms with E-state index in [1.165, 1.54) is 20.7 Å². The third kappa shape index (κ3) is 4.28. The molecule has 2 aromatic rings. The molecule has 2 heterocycles. The summed E-state index contributed by atoms with van der Waals surface area (Å²) in [5, 5.41) is 0. The zero-order chi connectivity index (χ0) is 18.7. The maximum absolute atomic E-state index is 13.4. The highest BCUT2D eigenvalue weighted by Crippen LogP contribution is 2.28. The second kappa shape index (κ2) is 7.82. The molecule has 1 aromatic carbocycles. The SMILES string of the molecule is CN(C)S(=O)(=O)N1CCCC(c2cccc(Cc3cccc(F)c3)n2)C1. The van der Waals surface area contributed by atoms with Crippen LogP contribution < -0.4 is 0 Å². The van der Waals surface area contributed by atoms with Gasteiger partial charge in [-0.3, -0.25) is 4.98 Å². The van der Waals surface area contributed by atoms with Gasteiger partial charge in [-0.1, -0.05) is 18.2 Å². The monoisotopic (exact) mass is 377 g/mol. The predicted octanol–water partition coefficient (Wildman–Crippen LogP) is 2.80. The van der Waals surface area contributed by atoms with E-state index in [2.05, 4.69) is 0 Å². The number of hydrogen-bond acceptors (Lipinski definition) is 3. The summed E-state index contributed by atoms with van der Waals surface area (Å²) in [4.78, 5) is 4.73. The van der Waals surface area contributed by atoms with E-state index in [1.54, 1.807) is 20.2 Å². The van der Waals surface area contributed by atoms with Crippen molar-refractivity contribution in [1.82, 2.24) is 13.6 Å². The predicted molar refractivity (Wildman–Crippen MR) is 99.6 cm³/mol. The number of benzene rings is 1. The van der Waals surface area contributed by atoms with Crippen LogP contribution in [0.3, 0.4) is 0 Å². The van der Waals surface area contributed by atoms with Crippen molar-refractivity contribution in [3.63, 3.8) is 0 Å². The number of halogens is 1. The van der Waals surface area contributed by atoms with Gasteiger partial charge >= 0.3 is 0 Å². The van der Waals surface area contributed by atoms with Gasteiger partial charge in [0.05, 0.1) is 0 Å². The zero-order valence-electron chi connectivity index (χ0n) is 15.1. The van der Waals surface area contributed by atoms with Crippen molar-refractivity contribution in [3.05, 3.63) is 65.2 Å². The molecule has 140 valence electrons. The minimum atomic E-state index is -3.41. The first-order chi connectivity index (χ1) is 12.4. The van der Waals surface area contributed by atoms with Crippen LogP contribution in [0.25, 0.3) is 0 Å². The Bertz CT molecular complexity index is 871. The molecule has 0 aliphatic carbocycles. The molecule has 0 saturated carbocycles. The van der Waals surface area contributed by atoms with Crippen LogP contribution in [-0.4, -0.2) is 49.2 Å². The smallest absolute Gasteiger partial charge is 0.257 e. The molecule has 0 radical (unpaired) electrons. The van der Waals surface area contributed by atoms with Crippen LogP contribution in [0.15, 0.2) is 42.5 Å². The molecule has 0 N–H and O–H groups in total. The number of rotatable bonds is 5. The van der Waals surface area contributed by atoms with Crippen LogP contribution in [0.1, 0.15) is 35.7 Å². The van der Waals surface area contributed by atoms with Gasteiger partial charge in [0.25, 0.3) is 10.2 Å². The summed E-state index contributed by atoms with van der Waals surface area (Å²) in [7, 11) is -0.302. The Morgan fingerprint density at radius 1 is 1.23 bits per heavy atom. The fourth-order valence-electron chi connectivity index (χ4n) is 3.30. The summed E-state index contributed by atoms with van der Waals surface area (Å²) >= 11 is 0. The quantitative estimate of drug-likeness (QED) is 0.805. The van der Waals surface area contributed by atoms with Crippen LogP contribution >= 0.6 is 0 Å². The molecule has 26 heavy (non-hydrogen) atoms. The maximum Gasteiger partial charge on any atom is 0.281 e. The van der Waals surface area contributed by atoms with E-state index in [9.17, 15) is 12.8 Å². The Balaban J connectivity index is 1.77. The summed E-state index contributed by atoms with van der Waals surface area (Å²) in [6.07, 6.45) is 2.28. The zero-order valence-corrected chi connectivity index (χ0v) is 15.9. The highest BCUT2D eigenvalue weighted by molar-refractivity contribution is 7.86. The molecule has 0 amide bonds. The summed E-state index contributed by atoms with van der Waals surface area (Å²) in [6, 6.07) is 12.3. The van der Waals surface area contributed by atoms with E-state index in [-0.39, 0.29) is 11.7 Å². The van der Waals surface area contributed by atoms with E-state index in [4.69, 9.17) is 4.98 Å². The number of aromatic nitrogens is 1. The number of hydrogen-bond donors (Lipinski definition) is 0. The number of nitrogens with zero attached hydrogens (tertiary/aromatic N) is 3. The highest BCUT2D eigenvalue weighted by Gasteiger charge is 2.31. The lowest BCUT2D eigenvalue weighted by Gasteiger charge is -2.33. The summed E-state index contributed by atoms with van der Waals surface area (Å²) in [5.41, 5.74) is 2.63. The Kier molecular flexibility index (Phi) is 5.70. The van der Waals surface area contributed by atoms with Gasteiger partial charge in [-0.15, -0.1) is 0 Å². The van der Waals surface area contributed by atoms with Crippen molar-refractivity contribution in [3.8, 4) is 0 Å². The molecular weight excluding hydrogens is 353 g/mol. The van der Waals surface area contributed by atoms with E-state index in [0.717, 1.165) is 29.8 Å². The van der Waals surface area contributed by atoms with Crippen LogP contribution in [0, 0.1) is 5.82 Å². The van der Waals surface area contributed by atoms with E-state index in [0.29, 0.717) is 19.5 Å². The van der Waals surface area contributed by atoms with Crippen LogP contribution in [-0.2, 0) is 16.6 Å². The second-order valence-electron chi connectivity index (χ2n) is 6.85. The van der Waals surface area contributed by atoms with Crippen molar-refractivity contribution < 1.29 is 12.8 Å². The van der Waals surface area contributed by atoms with Gasteiger partial charge in [-0.25, -0.2) is 4.39 Å². The lowest BCUT2D eigenvalue weighted by Crippen LogP contribution is -2.45. The van der Waals surface area contributed by atoms with Gasteiger partial charge in [-0.05, 0) is 42.7 Å². The fraction of sp³-hybridized carbons (Fsp3) is 0.421. The minimum Gasteiger partial charge on any atom is -0.257 e. The Morgan fingerprint density at radius 3 is 2.73 bits per heavy atom. The first kappa shape index (κ1) is 18.9. The molecule has 1 aliphatic heterocycles. The molecule has 3 rings (SSSR count). The molecule has 1 aromatic heterocycles. The first-order valence-electron chi connectivity index (χ1n) is 8.74. The van der Waals surface area contributed by atoms with Gasteiger partial charge in [0.1, 0.15) is 5.82 Å². The van der Waals surface area contributed by atoms with E-state index < -0.39 is 10.2 Å². The summed E-state index contributed by atoms with van der Waals surface area (Å²) < 4.78 is 41.0. The van der Waals surface area contributed by atoms with Crippen LogP contribution in [0.4, 0.5) is 4.39 Å². The minimum absolute atomic E-state index is 0.0749. The lowest BCUT2D eigenvalue weighted by molar-refractivity contribution is 0.296. The average Bonchev–Trinajstić information content (AvgIpc) is 2.62. The van der Waals surface area contributed by atoms with Crippen molar-refractivity contribution in [1.29, 1.82) is 0 Å². The van der Waals surface area contributed by atoms with Gasteiger partial charge in [0, 0.05) is 50.9 Å². The number of pyridine rings is 1. The van der Waals surface area contributed by atoms with Gasteiger partial charge in [0.2, 0.25) is 0 Å². The third-order valence-corrected chi connectivity index (χ3v) is 6.60. The molecule has 1 fully saturated rings. The van der Waals surface area contributed by atoms with Crippen LogP contribution in [0.2, 0.25) is 0 Å². The normalized spacial score (nSPS) is 19.0. The van der Waals surface area contributed by atoms with Crippen LogP contribution in [0.5, 0.6) is 0 Å². The van der Waals surface area contributed by atoms with Crippen molar-refractivity contribution in [2.75, 3.05) is 27.2 Å². The Labute approximate surface area is 154 Å². The Morgan fingerprint density at radius 2 is 2.00 bits per heavy atom. The molecule has 7 heteroatoms. The first-order valence-corrected chi connectivity index (χ1v) is 10.1.